The van der Waals surface area contributed by atoms with Gasteiger partial charge in [-0.15, -0.1) is 0 Å². The first-order chi connectivity index (χ1) is 10.6. The van der Waals surface area contributed by atoms with Gasteiger partial charge in [0.2, 0.25) is 0 Å². The first-order valence-electron chi connectivity index (χ1n) is 7.15. The van der Waals surface area contributed by atoms with Crippen LogP contribution in [0.4, 0.5) is 11.5 Å². The van der Waals surface area contributed by atoms with Gasteiger partial charge in [0.25, 0.3) is 5.69 Å². The number of aromatic nitrogens is 1. The molecule has 3 rings (SSSR count). The van der Waals surface area contributed by atoms with Gasteiger partial charge in [-0.3, -0.25) is 10.1 Å². The number of anilines is 1. The van der Waals surface area contributed by atoms with E-state index in [0.717, 1.165) is 0 Å². The summed E-state index contributed by atoms with van der Waals surface area (Å²) in [7, 11) is 0. The lowest BCUT2D eigenvalue weighted by Gasteiger charge is -2.32. The maximum Gasteiger partial charge on any atom is 0.270 e. The molecule has 1 fully saturated rings. The molecule has 1 aliphatic heterocycles. The SMILES string of the molecule is O=[N+]([O-])c1ccc2nc(NCC3(O)CCOCC3)ccc2c1. The minimum absolute atomic E-state index is 0.0477. The maximum atomic E-state index is 10.8. The fourth-order valence-electron chi connectivity index (χ4n) is 2.51. The van der Waals surface area contributed by atoms with Crippen molar-refractivity contribution in [1.29, 1.82) is 0 Å². The van der Waals surface area contributed by atoms with Gasteiger partial charge in [0.1, 0.15) is 5.82 Å². The van der Waals surface area contributed by atoms with Gasteiger partial charge in [0.05, 0.1) is 16.0 Å². The number of nitro benzene ring substituents is 1. The van der Waals surface area contributed by atoms with Crippen LogP contribution in [0.1, 0.15) is 12.8 Å². The van der Waals surface area contributed by atoms with Crippen molar-refractivity contribution >= 4 is 22.4 Å². The van der Waals surface area contributed by atoms with Crippen LogP contribution < -0.4 is 5.32 Å². The molecule has 0 unspecified atom stereocenters. The molecule has 0 amide bonds. The van der Waals surface area contributed by atoms with Crippen LogP contribution in [0, 0.1) is 10.1 Å². The average molecular weight is 303 g/mol. The quantitative estimate of drug-likeness (QED) is 0.663. The van der Waals surface area contributed by atoms with Crippen LogP contribution >= 0.6 is 0 Å². The van der Waals surface area contributed by atoms with E-state index in [1.165, 1.54) is 12.1 Å². The summed E-state index contributed by atoms with van der Waals surface area (Å²) in [6.45, 7) is 1.53. The van der Waals surface area contributed by atoms with Crippen molar-refractivity contribution in [2.45, 2.75) is 18.4 Å². The van der Waals surface area contributed by atoms with Crippen molar-refractivity contribution in [2.24, 2.45) is 0 Å². The summed E-state index contributed by atoms with van der Waals surface area (Å²) < 4.78 is 5.25. The second-order valence-electron chi connectivity index (χ2n) is 5.52. The van der Waals surface area contributed by atoms with E-state index in [9.17, 15) is 15.2 Å². The average Bonchev–Trinajstić information content (AvgIpc) is 2.53. The number of pyridine rings is 1. The molecule has 2 heterocycles. The van der Waals surface area contributed by atoms with E-state index >= 15 is 0 Å². The third-order valence-electron chi connectivity index (χ3n) is 3.91. The van der Waals surface area contributed by atoms with Crippen molar-refractivity contribution in [2.75, 3.05) is 25.1 Å². The summed E-state index contributed by atoms with van der Waals surface area (Å²) in [6, 6.07) is 8.10. The first-order valence-corrected chi connectivity index (χ1v) is 7.15. The minimum atomic E-state index is -0.773. The molecule has 0 aliphatic carbocycles. The lowest BCUT2D eigenvalue weighted by atomic mass is 9.94. The Balaban J connectivity index is 1.74. The fraction of sp³-hybridized carbons (Fsp3) is 0.400. The monoisotopic (exact) mass is 303 g/mol. The van der Waals surface area contributed by atoms with Crippen LogP contribution in [0.2, 0.25) is 0 Å². The fourth-order valence-corrected chi connectivity index (χ4v) is 2.51. The van der Waals surface area contributed by atoms with Gasteiger partial charge >= 0.3 is 0 Å². The second-order valence-corrected chi connectivity index (χ2v) is 5.52. The van der Waals surface area contributed by atoms with Gasteiger partial charge < -0.3 is 15.2 Å². The highest BCUT2D eigenvalue weighted by Crippen LogP contribution is 2.23. The number of ether oxygens (including phenoxy) is 1. The van der Waals surface area contributed by atoms with Gasteiger partial charge in [-0.2, -0.15) is 0 Å². The van der Waals surface area contributed by atoms with Crippen LogP contribution in [-0.2, 0) is 4.74 Å². The predicted molar refractivity (Wildman–Crippen MR) is 81.9 cm³/mol. The topological polar surface area (TPSA) is 97.5 Å². The van der Waals surface area contributed by atoms with Crippen molar-refractivity contribution in [3.63, 3.8) is 0 Å². The summed E-state index contributed by atoms with van der Waals surface area (Å²) in [5, 5.41) is 25.0. The predicted octanol–water partition coefficient (Wildman–Crippen LogP) is 2.10. The number of aliphatic hydroxyl groups is 1. The zero-order chi connectivity index (χ0) is 15.6. The number of hydrogen-bond acceptors (Lipinski definition) is 6. The number of non-ortho nitro benzene ring substituents is 1. The maximum absolute atomic E-state index is 10.8. The lowest BCUT2D eigenvalue weighted by Crippen LogP contribution is -2.42. The molecule has 1 aliphatic rings. The third kappa shape index (κ3) is 3.15. The normalized spacial score (nSPS) is 17.3. The summed E-state index contributed by atoms with van der Waals surface area (Å²) in [6.07, 6.45) is 1.19. The highest BCUT2D eigenvalue weighted by Gasteiger charge is 2.29. The molecule has 0 spiro atoms. The van der Waals surface area contributed by atoms with E-state index < -0.39 is 10.5 Å². The van der Waals surface area contributed by atoms with Gasteiger partial charge in [-0.05, 0) is 18.2 Å². The molecule has 1 aromatic carbocycles. The van der Waals surface area contributed by atoms with E-state index in [1.807, 2.05) is 0 Å². The summed E-state index contributed by atoms with van der Waals surface area (Å²) in [5.41, 5.74) is -0.0502. The summed E-state index contributed by atoms with van der Waals surface area (Å²) in [4.78, 5) is 14.8. The van der Waals surface area contributed by atoms with E-state index in [1.54, 1.807) is 18.2 Å². The molecule has 116 valence electrons. The molecule has 0 bridgehead atoms. The van der Waals surface area contributed by atoms with E-state index in [-0.39, 0.29) is 5.69 Å². The number of hydrogen-bond donors (Lipinski definition) is 2. The Morgan fingerprint density at radius 1 is 1.32 bits per heavy atom. The Morgan fingerprint density at radius 2 is 2.09 bits per heavy atom. The first kappa shape index (κ1) is 14.7. The zero-order valence-corrected chi connectivity index (χ0v) is 12.0. The molecule has 0 atom stereocenters. The van der Waals surface area contributed by atoms with Gasteiger partial charge in [0, 0.05) is 50.1 Å². The molecule has 7 heteroatoms. The Morgan fingerprint density at radius 3 is 2.82 bits per heavy atom. The smallest absolute Gasteiger partial charge is 0.270 e. The van der Waals surface area contributed by atoms with E-state index in [0.29, 0.717) is 49.3 Å². The third-order valence-corrected chi connectivity index (χ3v) is 3.91. The van der Waals surface area contributed by atoms with Gasteiger partial charge in [-0.25, -0.2) is 4.98 Å². The Bertz CT molecular complexity index is 698. The number of nitro groups is 1. The molecular formula is C15H17N3O4. The number of benzene rings is 1. The van der Waals surface area contributed by atoms with Crippen LogP contribution in [0.15, 0.2) is 30.3 Å². The second kappa shape index (κ2) is 5.86. The molecule has 1 aromatic heterocycles. The van der Waals surface area contributed by atoms with Crippen LogP contribution in [0.3, 0.4) is 0 Å². The van der Waals surface area contributed by atoms with Gasteiger partial charge in [-0.1, -0.05) is 0 Å². The van der Waals surface area contributed by atoms with E-state index in [2.05, 4.69) is 10.3 Å². The minimum Gasteiger partial charge on any atom is -0.388 e. The zero-order valence-electron chi connectivity index (χ0n) is 12.0. The number of nitrogens with zero attached hydrogens (tertiary/aromatic N) is 2. The molecule has 2 aromatic rings. The molecule has 2 N–H and O–H groups in total. The molecule has 1 saturated heterocycles. The Kier molecular flexibility index (Phi) is 3.91. The van der Waals surface area contributed by atoms with Crippen molar-refractivity contribution in [1.82, 2.24) is 4.98 Å². The van der Waals surface area contributed by atoms with Gasteiger partial charge in [0.15, 0.2) is 0 Å². The molecule has 0 radical (unpaired) electrons. The number of rotatable bonds is 4. The highest BCUT2D eigenvalue weighted by molar-refractivity contribution is 5.82. The number of nitrogens with one attached hydrogen (secondary N) is 1. The van der Waals surface area contributed by atoms with Crippen molar-refractivity contribution < 1.29 is 14.8 Å². The molecule has 7 nitrogen and oxygen atoms in total. The lowest BCUT2D eigenvalue weighted by molar-refractivity contribution is -0.384. The summed E-state index contributed by atoms with van der Waals surface area (Å²) >= 11 is 0. The molecular weight excluding hydrogens is 286 g/mol. The highest BCUT2D eigenvalue weighted by atomic mass is 16.6. The van der Waals surface area contributed by atoms with Crippen molar-refractivity contribution in [3.8, 4) is 0 Å². The Labute approximate surface area is 127 Å². The van der Waals surface area contributed by atoms with Crippen LogP contribution in [0.5, 0.6) is 0 Å². The standard InChI is InChI=1S/C15H17N3O4/c19-15(5-7-22-8-6-15)10-16-14-4-1-11-9-12(18(20)21)2-3-13(11)17-14/h1-4,9,19H,5-8,10H2,(H,16,17). The largest absolute Gasteiger partial charge is 0.388 e. The molecule has 22 heavy (non-hydrogen) atoms. The van der Waals surface area contributed by atoms with Crippen molar-refractivity contribution in [3.05, 3.63) is 40.4 Å². The molecule has 0 saturated carbocycles. The van der Waals surface area contributed by atoms with E-state index in [4.69, 9.17) is 4.74 Å². The Hall–Kier alpha value is -2.25. The van der Waals surface area contributed by atoms with Crippen LogP contribution in [-0.4, -0.2) is 40.4 Å². The van der Waals surface area contributed by atoms with Crippen LogP contribution in [0.25, 0.3) is 10.9 Å². The number of fused-ring (bicyclic) bond motifs is 1. The summed E-state index contributed by atoms with van der Waals surface area (Å²) in [5.74, 6) is 0.640.